The molecule has 0 unspecified atom stereocenters. The number of hydrogen-bond acceptors (Lipinski definition) is 4. The molecule has 7 heteroatoms. The highest BCUT2D eigenvalue weighted by Crippen LogP contribution is 2.33. The number of halogens is 1. The van der Waals surface area contributed by atoms with Gasteiger partial charge in [-0.1, -0.05) is 23.7 Å². The molecule has 0 amide bonds. The van der Waals surface area contributed by atoms with Crippen molar-refractivity contribution in [3.8, 4) is 11.5 Å². The molecular formula is C17H20ClNO4S. The van der Waals surface area contributed by atoms with E-state index in [2.05, 4.69) is 0 Å². The summed E-state index contributed by atoms with van der Waals surface area (Å²) in [7, 11) is 0.856. The second kappa shape index (κ2) is 7.42. The van der Waals surface area contributed by atoms with Crippen LogP contribution in [0.25, 0.3) is 0 Å². The maximum atomic E-state index is 12.9. The average Bonchev–Trinajstić information content (AvgIpc) is 2.56. The molecule has 0 bridgehead atoms. The monoisotopic (exact) mass is 369 g/mol. The largest absolute Gasteiger partial charge is 0.493 e. The van der Waals surface area contributed by atoms with Crippen molar-refractivity contribution in [1.29, 1.82) is 0 Å². The first kappa shape index (κ1) is 18.6. The lowest BCUT2D eigenvalue weighted by atomic mass is 10.2. The van der Waals surface area contributed by atoms with E-state index in [-0.39, 0.29) is 11.4 Å². The Balaban J connectivity index is 2.37. The zero-order chi connectivity index (χ0) is 17.9. The minimum absolute atomic E-state index is 0.191. The van der Waals surface area contributed by atoms with Crippen LogP contribution in [0.1, 0.15) is 11.1 Å². The molecule has 0 aliphatic rings. The van der Waals surface area contributed by atoms with E-state index >= 15 is 0 Å². The van der Waals surface area contributed by atoms with Gasteiger partial charge in [-0.05, 0) is 36.2 Å². The Morgan fingerprint density at radius 1 is 1.04 bits per heavy atom. The molecule has 0 aliphatic heterocycles. The van der Waals surface area contributed by atoms with Crippen molar-refractivity contribution in [2.24, 2.45) is 0 Å². The number of methoxy groups -OCH3 is 2. The maximum Gasteiger partial charge on any atom is 0.243 e. The summed E-state index contributed by atoms with van der Waals surface area (Å²) in [5.41, 5.74) is 1.44. The third-order valence-electron chi connectivity index (χ3n) is 3.69. The molecule has 0 N–H and O–H groups in total. The first-order valence-corrected chi connectivity index (χ1v) is 9.04. The van der Waals surface area contributed by atoms with Crippen molar-refractivity contribution in [2.45, 2.75) is 18.4 Å². The first-order valence-electron chi connectivity index (χ1n) is 7.23. The lowest BCUT2D eigenvalue weighted by Gasteiger charge is -2.20. The van der Waals surface area contributed by atoms with Gasteiger partial charge in [0.25, 0.3) is 0 Å². The topological polar surface area (TPSA) is 55.8 Å². The fourth-order valence-corrected chi connectivity index (χ4v) is 3.84. The minimum Gasteiger partial charge on any atom is -0.493 e. The third-order valence-corrected chi connectivity index (χ3v) is 5.89. The minimum atomic E-state index is -3.67. The summed E-state index contributed by atoms with van der Waals surface area (Å²) < 4.78 is 37.5. The number of benzene rings is 2. The van der Waals surface area contributed by atoms with Crippen LogP contribution in [-0.4, -0.2) is 34.0 Å². The molecular weight excluding hydrogens is 350 g/mol. The quantitative estimate of drug-likeness (QED) is 0.782. The van der Waals surface area contributed by atoms with Crippen molar-refractivity contribution in [1.82, 2.24) is 4.31 Å². The number of aryl methyl sites for hydroxylation is 1. The van der Waals surface area contributed by atoms with E-state index in [0.717, 1.165) is 5.56 Å². The van der Waals surface area contributed by atoms with Gasteiger partial charge in [0, 0.05) is 24.7 Å². The molecule has 0 atom stereocenters. The van der Waals surface area contributed by atoms with Crippen molar-refractivity contribution < 1.29 is 17.9 Å². The van der Waals surface area contributed by atoms with Gasteiger partial charge in [0.2, 0.25) is 10.0 Å². The molecule has 5 nitrogen and oxygen atoms in total. The predicted octanol–water partition coefficient (Wildman–Crippen LogP) is 3.49. The van der Waals surface area contributed by atoms with Gasteiger partial charge in [-0.25, -0.2) is 8.42 Å². The van der Waals surface area contributed by atoms with Gasteiger partial charge in [-0.15, -0.1) is 0 Å². The highest BCUT2D eigenvalue weighted by Gasteiger charge is 2.25. The van der Waals surface area contributed by atoms with Gasteiger partial charge in [0.05, 0.1) is 19.1 Å². The zero-order valence-electron chi connectivity index (χ0n) is 14.0. The van der Waals surface area contributed by atoms with Crippen LogP contribution in [0.3, 0.4) is 0 Å². The van der Waals surface area contributed by atoms with Crippen molar-refractivity contribution in [2.75, 3.05) is 21.3 Å². The summed E-state index contributed by atoms with van der Waals surface area (Å²) in [6.07, 6.45) is 0. The van der Waals surface area contributed by atoms with Crippen LogP contribution < -0.4 is 9.47 Å². The van der Waals surface area contributed by atoms with E-state index in [1.54, 1.807) is 44.3 Å². The molecule has 0 aromatic heterocycles. The van der Waals surface area contributed by atoms with Gasteiger partial charge in [-0.3, -0.25) is 0 Å². The highest BCUT2D eigenvalue weighted by atomic mass is 35.5. The van der Waals surface area contributed by atoms with Crippen LogP contribution in [0, 0.1) is 6.92 Å². The van der Waals surface area contributed by atoms with E-state index in [4.69, 9.17) is 21.1 Å². The normalized spacial score (nSPS) is 11.6. The van der Waals surface area contributed by atoms with E-state index in [1.807, 2.05) is 0 Å². The molecule has 0 heterocycles. The molecule has 0 radical (unpaired) electrons. The fourth-order valence-electron chi connectivity index (χ4n) is 2.34. The lowest BCUT2D eigenvalue weighted by Crippen LogP contribution is -2.27. The highest BCUT2D eigenvalue weighted by molar-refractivity contribution is 7.89. The van der Waals surface area contributed by atoms with Crippen molar-refractivity contribution >= 4 is 21.6 Å². The van der Waals surface area contributed by atoms with E-state index in [9.17, 15) is 8.42 Å². The molecule has 130 valence electrons. The van der Waals surface area contributed by atoms with Crippen LogP contribution in [-0.2, 0) is 16.6 Å². The summed E-state index contributed by atoms with van der Waals surface area (Å²) in [6.45, 7) is 1.97. The summed E-state index contributed by atoms with van der Waals surface area (Å²) in [6, 6.07) is 10.2. The zero-order valence-corrected chi connectivity index (χ0v) is 15.6. The SMILES string of the molecule is COc1cc(C)c(S(=O)(=O)N(C)Cc2ccc(Cl)cc2)cc1OC. The average molecular weight is 370 g/mol. The first-order chi connectivity index (χ1) is 11.3. The number of nitrogens with zero attached hydrogens (tertiary/aromatic N) is 1. The van der Waals surface area contributed by atoms with Crippen LogP contribution >= 0.6 is 11.6 Å². The Labute approximate surface area is 147 Å². The maximum absolute atomic E-state index is 12.9. The Morgan fingerprint density at radius 3 is 2.12 bits per heavy atom. The fraction of sp³-hybridized carbons (Fsp3) is 0.294. The van der Waals surface area contributed by atoms with Gasteiger partial charge >= 0.3 is 0 Å². The van der Waals surface area contributed by atoms with Gasteiger partial charge in [0.1, 0.15) is 0 Å². The van der Waals surface area contributed by atoms with E-state index in [1.165, 1.54) is 24.6 Å². The van der Waals surface area contributed by atoms with Gasteiger partial charge in [-0.2, -0.15) is 4.31 Å². The molecule has 2 aromatic carbocycles. The van der Waals surface area contributed by atoms with Crippen LogP contribution in [0.4, 0.5) is 0 Å². The number of sulfonamides is 1. The van der Waals surface area contributed by atoms with Crippen molar-refractivity contribution in [3.05, 3.63) is 52.5 Å². The number of ether oxygens (including phenoxy) is 2. The molecule has 0 saturated carbocycles. The molecule has 0 spiro atoms. The third kappa shape index (κ3) is 3.83. The summed E-state index contributed by atoms with van der Waals surface area (Å²) in [4.78, 5) is 0.191. The number of rotatable bonds is 6. The van der Waals surface area contributed by atoms with Gasteiger partial charge < -0.3 is 9.47 Å². The Bertz CT molecular complexity index is 819. The van der Waals surface area contributed by atoms with E-state index < -0.39 is 10.0 Å². The Hall–Kier alpha value is -1.76. The van der Waals surface area contributed by atoms with Crippen LogP contribution in [0.2, 0.25) is 5.02 Å². The molecule has 2 rings (SSSR count). The molecule has 0 fully saturated rings. The smallest absolute Gasteiger partial charge is 0.243 e. The molecule has 0 aliphatic carbocycles. The van der Waals surface area contributed by atoms with Crippen LogP contribution in [0.15, 0.2) is 41.3 Å². The molecule has 24 heavy (non-hydrogen) atoms. The summed E-state index contributed by atoms with van der Waals surface area (Å²) in [5.74, 6) is 0.871. The van der Waals surface area contributed by atoms with Crippen molar-refractivity contribution in [3.63, 3.8) is 0 Å². The van der Waals surface area contributed by atoms with E-state index in [0.29, 0.717) is 22.1 Å². The second-order valence-corrected chi connectivity index (χ2v) is 7.81. The van der Waals surface area contributed by atoms with Gasteiger partial charge in [0.15, 0.2) is 11.5 Å². The van der Waals surface area contributed by atoms with Crippen LogP contribution in [0.5, 0.6) is 11.5 Å². The second-order valence-electron chi connectivity index (χ2n) is 5.36. The molecule has 2 aromatic rings. The summed E-state index contributed by atoms with van der Waals surface area (Å²) >= 11 is 5.86. The summed E-state index contributed by atoms with van der Waals surface area (Å²) in [5, 5.41) is 0.611. The Morgan fingerprint density at radius 2 is 1.58 bits per heavy atom. The Kier molecular flexibility index (Phi) is 5.74. The lowest BCUT2D eigenvalue weighted by molar-refractivity contribution is 0.353. The standard InChI is InChI=1S/C17H20ClNO4S/c1-12-9-15(22-3)16(23-4)10-17(12)24(20,21)19(2)11-13-5-7-14(18)8-6-13/h5-10H,11H2,1-4H3. The predicted molar refractivity (Wildman–Crippen MR) is 94.4 cm³/mol. The molecule has 0 saturated heterocycles. The number of hydrogen-bond donors (Lipinski definition) is 0.